The third kappa shape index (κ3) is 3.97. The van der Waals surface area contributed by atoms with Crippen molar-refractivity contribution in [1.82, 2.24) is 15.5 Å². The molecule has 0 aliphatic heterocycles. The number of nitrogens with one attached hydrogen (secondary N) is 1. The van der Waals surface area contributed by atoms with Crippen molar-refractivity contribution in [3.8, 4) is 22.8 Å². The molecule has 1 fully saturated rings. The quantitative estimate of drug-likeness (QED) is 0.602. The van der Waals surface area contributed by atoms with Gasteiger partial charge in [-0.3, -0.25) is 4.79 Å². The Morgan fingerprint density at radius 3 is 2.71 bits per heavy atom. The van der Waals surface area contributed by atoms with Gasteiger partial charge in [0.05, 0.1) is 0 Å². The molecule has 0 bridgehead atoms. The number of carbonyl (C=O) groups is 1. The van der Waals surface area contributed by atoms with Crippen molar-refractivity contribution < 1.29 is 14.1 Å². The van der Waals surface area contributed by atoms with E-state index < -0.39 is 0 Å². The first-order chi connectivity index (χ1) is 13.8. The first-order valence-corrected chi connectivity index (χ1v) is 9.60. The summed E-state index contributed by atoms with van der Waals surface area (Å²) in [6.07, 6.45) is 2.74. The van der Waals surface area contributed by atoms with Crippen LogP contribution in [0.15, 0.2) is 53.1 Å². The van der Waals surface area contributed by atoms with E-state index >= 15 is 0 Å². The number of rotatable bonds is 8. The standard InChI is InChI=1S/C22H23N3O3/c1-2-16-5-3-4-6-20(16)22-24-21(25-28-22)17-9-7-15(8-10-17)13-23-18-11-19(12-18)27-14-26/h3-10,14,18-19,23H,2,11-13H2,1H3. The summed E-state index contributed by atoms with van der Waals surface area (Å²) in [5, 5.41) is 7.62. The molecule has 1 heterocycles. The molecule has 1 aliphatic rings. The van der Waals surface area contributed by atoms with Crippen molar-refractivity contribution in [2.75, 3.05) is 0 Å². The summed E-state index contributed by atoms with van der Waals surface area (Å²) in [5.41, 5.74) is 4.29. The molecular formula is C22H23N3O3. The third-order valence-corrected chi connectivity index (χ3v) is 5.20. The second-order valence-corrected chi connectivity index (χ2v) is 7.03. The van der Waals surface area contributed by atoms with Gasteiger partial charge in [0.25, 0.3) is 12.4 Å². The summed E-state index contributed by atoms with van der Waals surface area (Å²) in [6.45, 7) is 3.42. The Morgan fingerprint density at radius 1 is 1.18 bits per heavy atom. The highest BCUT2D eigenvalue weighted by atomic mass is 16.5. The lowest BCUT2D eigenvalue weighted by Crippen LogP contribution is -2.44. The van der Waals surface area contributed by atoms with E-state index in [0.717, 1.165) is 36.9 Å². The van der Waals surface area contributed by atoms with Crippen LogP contribution in [0.25, 0.3) is 22.8 Å². The summed E-state index contributed by atoms with van der Waals surface area (Å²) in [4.78, 5) is 14.9. The SMILES string of the molecule is CCc1ccccc1-c1nc(-c2ccc(CNC3CC(OC=O)C3)cc2)no1. The highest BCUT2D eigenvalue weighted by molar-refractivity contribution is 5.62. The van der Waals surface area contributed by atoms with E-state index in [1.54, 1.807) is 0 Å². The Labute approximate surface area is 163 Å². The number of aryl methyl sites for hydroxylation is 1. The van der Waals surface area contributed by atoms with Gasteiger partial charge in [0.2, 0.25) is 5.82 Å². The van der Waals surface area contributed by atoms with Gasteiger partial charge in [-0.15, -0.1) is 0 Å². The molecule has 0 radical (unpaired) electrons. The number of carbonyl (C=O) groups excluding carboxylic acids is 1. The zero-order valence-electron chi connectivity index (χ0n) is 15.8. The minimum atomic E-state index is 0.0719. The maximum Gasteiger partial charge on any atom is 0.293 e. The molecule has 0 saturated heterocycles. The summed E-state index contributed by atoms with van der Waals surface area (Å²) in [6, 6.07) is 16.6. The van der Waals surface area contributed by atoms with Crippen molar-refractivity contribution >= 4 is 6.47 Å². The second kappa shape index (κ2) is 8.35. The average Bonchev–Trinajstić information content (AvgIpc) is 3.20. The minimum Gasteiger partial charge on any atom is -0.464 e. The molecule has 0 spiro atoms. The molecule has 6 nitrogen and oxygen atoms in total. The van der Waals surface area contributed by atoms with E-state index in [0.29, 0.717) is 24.2 Å². The lowest BCUT2D eigenvalue weighted by molar-refractivity contribution is -0.138. The zero-order chi connectivity index (χ0) is 19.3. The molecule has 0 atom stereocenters. The normalized spacial score (nSPS) is 18.5. The van der Waals surface area contributed by atoms with Crippen LogP contribution < -0.4 is 5.32 Å². The molecular weight excluding hydrogens is 354 g/mol. The van der Waals surface area contributed by atoms with Crippen LogP contribution in [0.1, 0.15) is 30.9 Å². The summed E-state index contributed by atoms with van der Waals surface area (Å²) < 4.78 is 10.4. The molecule has 1 N–H and O–H groups in total. The Kier molecular flexibility index (Phi) is 5.48. The highest BCUT2D eigenvalue weighted by Gasteiger charge is 2.29. The molecule has 1 aliphatic carbocycles. The van der Waals surface area contributed by atoms with Crippen LogP contribution >= 0.6 is 0 Å². The fraction of sp³-hybridized carbons (Fsp3) is 0.318. The van der Waals surface area contributed by atoms with Crippen LogP contribution in [0, 0.1) is 0 Å². The maximum absolute atomic E-state index is 10.3. The van der Waals surface area contributed by atoms with E-state index in [2.05, 4.69) is 40.6 Å². The topological polar surface area (TPSA) is 77.3 Å². The van der Waals surface area contributed by atoms with Crippen LogP contribution in [-0.4, -0.2) is 28.8 Å². The maximum atomic E-state index is 10.3. The molecule has 4 rings (SSSR count). The van der Waals surface area contributed by atoms with Crippen LogP contribution in [0.5, 0.6) is 0 Å². The first-order valence-electron chi connectivity index (χ1n) is 9.60. The molecule has 144 valence electrons. The van der Waals surface area contributed by atoms with Gasteiger partial charge in [-0.25, -0.2) is 0 Å². The second-order valence-electron chi connectivity index (χ2n) is 7.03. The van der Waals surface area contributed by atoms with Gasteiger partial charge in [-0.05, 0) is 36.5 Å². The molecule has 28 heavy (non-hydrogen) atoms. The van der Waals surface area contributed by atoms with Crippen molar-refractivity contribution in [2.45, 2.75) is 44.9 Å². The summed E-state index contributed by atoms with van der Waals surface area (Å²) in [7, 11) is 0. The average molecular weight is 377 g/mol. The Morgan fingerprint density at radius 2 is 1.96 bits per heavy atom. The Bertz CT molecular complexity index is 930. The van der Waals surface area contributed by atoms with Crippen LogP contribution in [0.2, 0.25) is 0 Å². The van der Waals surface area contributed by atoms with Gasteiger partial charge in [0.1, 0.15) is 6.10 Å². The van der Waals surface area contributed by atoms with Gasteiger partial charge in [0, 0.05) is 23.7 Å². The molecule has 3 aromatic rings. The summed E-state index contributed by atoms with van der Waals surface area (Å²) in [5.74, 6) is 1.14. The number of aromatic nitrogens is 2. The number of hydrogen-bond acceptors (Lipinski definition) is 6. The minimum absolute atomic E-state index is 0.0719. The van der Waals surface area contributed by atoms with E-state index in [9.17, 15) is 4.79 Å². The van der Waals surface area contributed by atoms with Gasteiger partial charge in [-0.2, -0.15) is 4.98 Å². The molecule has 0 unspecified atom stereocenters. The van der Waals surface area contributed by atoms with Gasteiger partial charge < -0.3 is 14.6 Å². The van der Waals surface area contributed by atoms with Crippen molar-refractivity contribution in [3.05, 3.63) is 59.7 Å². The van der Waals surface area contributed by atoms with Gasteiger partial charge in [-0.1, -0.05) is 54.5 Å². The van der Waals surface area contributed by atoms with E-state index in [4.69, 9.17) is 9.26 Å². The Balaban J connectivity index is 1.38. The fourth-order valence-corrected chi connectivity index (χ4v) is 3.44. The molecule has 1 saturated carbocycles. The first kappa shape index (κ1) is 18.4. The van der Waals surface area contributed by atoms with Gasteiger partial charge >= 0.3 is 0 Å². The predicted molar refractivity (Wildman–Crippen MR) is 105 cm³/mol. The smallest absolute Gasteiger partial charge is 0.293 e. The number of hydrogen-bond donors (Lipinski definition) is 1. The molecule has 1 aromatic heterocycles. The predicted octanol–water partition coefficient (Wildman–Crippen LogP) is 3.76. The van der Waals surface area contributed by atoms with Crippen molar-refractivity contribution in [1.29, 1.82) is 0 Å². The van der Waals surface area contributed by atoms with Crippen molar-refractivity contribution in [2.24, 2.45) is 0 Å². The number of nitrogens with zero attached hydrogens (tertiary/aromatic N) is 2. The van der Waals surface area contributed by atoms with Crippen LogP contribution in [0.4, 0.5) is 0 Å². The van der Waals surface area contributed by atoms with E-state index in [1.807, 2.05) is 30.3 Å². The molecule has 0 amide bonds. The lowest BCUT2D eigenvalue weighted by atomic mass is 9.89. The fourth-order valence-electron chi connectivity index (χ4n) is 3.44. The third-order valence-electron chi connectivity index (χ3n) is 5.20. The van der Waals surface area contributed by atoms with Crippen molar-refractivity contribution in [3.63, 3.8) is 0 Å². The van der Waals surface area contributed by atoms with Crippen LogP contribution in [0.3, 0.4) is 0 Å². The van der Waals surface area contributed by atoms with E-state index in [1.165, 1.54) is 11.1 Å². The number of benzene rings is 2. The monoisotopic (exact) mass is 377 g/mol. The molecule has 6 heteroatoms. The summed E-state index contributed by atoms with van der Waals surface area (Å²) >= 11 is 0. The lowest BCUT2D eigenvalue weighted by Gasteiger charge is -2.34. The largest absolute Gasteiger partial charge is 0.464 e. The number of ether oxygens (including phenoxy) is 1. The Hall–Kier alpha value is -2.99. The molecule has 2 aromatic carbocycles. The van der Waals surface area contributed by atoms with Crippen LogP contribution in [-0.2, 0) is 22.5 Å². The van der Waals surface area contributed by atoms with E-state index in [-0.39, 0.29) is 6.10 Å². The zero-order valence-corrected chi connectivity index (χ0v) is 15.8. The highest BCUT2D eigenvalue weighted by Crippen LogP contribution is 2.26. The van der Waals surface area contributed by atoms with Gasteiger partial charge in [0.15, 0.2) is 0 Å².